The standard InChI is InChI=1S/C24H40N4O2/c1-16-25-26-27-28(16)13-10-18-5-7-22-21-6-4-17-14-24(29,15-30-3)12-9-19(17)20(21)8-11-23(18,22)2/h17-22,29H,4-15H2,1-3H3/t17-,18+,19-,20+,21+,22-,23+,24+/m0/s1. The highest BCUT2D eigenvalue weighted by Crippen LogP contribution is 2.65. The fourth-order valence-electron chi connectivity index (χ4n) is 8.68. The van der Waals surface area contributed by atoms with Crippen LogP contribution in [0.1, 0.15) is 77.0 Å². The summed E-state index contributed by atoms with van der Waals surface area (Å²) in [6, 6.07) is 0. The zero-order valence-corrected chi connectivity index (χ0v) is 19.1. The maximum absolute atomic E-state index is 10.9. The molecule has 6 nitrogen and oxygen atoms in total. The quantitative estimate of drug-likeness (QED) is 0.785. The molecule has 0 bridgehead atoms. The largest absolute Gasteiger partial charge is 0.387 e. The van der Waals surface area contributed by atoms with Gasteiger partial charge in [0.05, 0.1) is 12.2 Å². The molecule has 0 unspecified atom stereocenters. The number of ether oxygens (including phenoxy) is 1. The van der Waals surface area contributed by atoms with Crippen molar-refractivity contribution >= 4 is 0 Å². The van der Waals surface area contributed by atoms with Crippen molar-refractivity contribution in [1.82, 2.24) is 20.2 Å². The van der Waals surface area contributed by atoms with Crippen LogP contribution in [0.2, 0.25) is 0 Å². The van der Waals surface area contributed by atoms with E-state index in [0.717, 1.165) is 54.8 Å². The Hall–Kier alpha value is -1.01. The van der Waals surface area contributed by atoms with Crippen molar-refractivity contribution in [3.8, 4) is 0 Å². The van der Waals surface area contributed by atoms with Crippen LogP contribution in [0, 0.1) is 47.8 Å². The van der Waals surface area contributed by atoms with Crippen LogP contribution in [0.3, 0.4) is 0 Å². The fraction of sp³-hybridized carbons (Fsp3) is 0.958. The van der Waals surface area contributed by atoms with E-state index in [0.29, 0.717) is 17.9 Å². The maximum Gasteiger partial charge on any atom is 0.148 e. The Morgan fingerprint density at radius 3 is 2.67 bits per heavy atom. The van der Waals surface area contributed by atoms with Crippen LogP contribution in [-0.4, -0.2) is 44.6 Å². The van der Waals surface area contributed by atoms with Gasteiger partial charge in [0.2, 0.25) is 0 Å². The second-order valence-corrected chi connectivity index (χ2v) is 11.4. The van der Waals surface area contributed by atoms with Crippen LogP contribution >= 0.6 is 0 Å². The molecule has 0 aromatic carbocycles. The summed E-state index contributed by atoms with van der Waals surface area (Å²) < 4.78 is 7.33. The maximum atomic E-state index is 10.9. The number of aryl methyl sites for hydroxylation is 2. The molecule has 5 rings (SSSR count). The van der Waals surface area contributed by atoms with Crippen LogP contribution in [-0.2, 0) is 11.3 Å². The summed E-state index contributed by atoms with van der Waals surface area (Å²) in [7, 11) is 1.72. The minimum atomic E-state index is -0.571. The van der Waals surface area contributed by atoms with E-state index < -0.39 is 5.60 Å². The lowest BCUT2D eigenvalue weighted by molar-refractivity contribution is -0.124. The summed E-state index contributed by atoms with van der Waals surface area (Å²) in [4.78, 5) is 0. The van der Waals surface area contributed by atoms with Crippen LogP contribution < -0.4 is 0 Å². The molecule has 1 aromatic rings. The predicted molar refractivity (Wildman–Crippen MR) is 115 cm³/mol. The molecule has 30 heavy (non-hydrogen) atoms. The van der Waals surface area contributed by atoms with Crippen LogP contribution in [0.25, 0.3) is 0 Å². The van der Waals surface area contributed by atoms with Crippen molar-refractivity contribution in [2.24, 2.45) is 40.9 Å². The molecule has 168 valence electrons. The van der Waals surface area contributed by atoms with E-state index in [1.807, 2.05) is 11.6 Å². The predicted octanol–water partition coefficient (Wildman–Crippen LogP) is 4.02. The third-order valence-corrected chi connectivity index (χ3v) is 10.1. The Bertz CT molecular complexity index is 753. The number of hydrogen-bond acceptors (Lipinski definition) is 5. The minimum absolute atomic E-state index is 0.501. The molecule has 1 aromatic heterocycles. The summed E-state index contributed by atoms with van der Waals surface area (Å²) in [6.45, 7) is 6.08. The molecule has 1 N–H and O–H groups in total. The van der Waals surface area contributed by atoms with Gasteiger partial charge in [0, 0.05) is 13.7 Å². The van der Waals surface area contributed by atoms with Gasteiger partial charge in [0.25, 0.3) is 0 Å². The summed E-state index contributed by atoms with van der Waals surface area (Å²) >= 11 is 0. The van der Waals surface area contributed by atoms with E-state index in [2.05, 4.69) is 22.4 Å². The highest BCUT2D eigenvalue weighted by atomic mass is 16.5. The number of fused-ring (bicyclic) bond motifs is 5. The summed E-state index contributed by atoms with van der Waals surface area (Å²) in [5.41, 5.74) is -0.0693. The van der Waals surface area contributed by atoms with E-state index in [1.165, 1.54) is 51.4 Å². The first kappa shape index (κ1) is 20.9. The third kappa shape index (κ3) is 3.42. The minimum Gasteiger partial charge on any atom is -0.387 e. The molecule has 8 atom stereocenters. The smallest absolute Gasteiger partial charge is 0.148 e. The Balaban J connectivity index is 1.26. The first-order chi connectivity index (χ1) is 14.4. The van der Waals surface area contributed by atoms with Crippen molar-refractivity contribution in [1.29, 1.82) is 0 Å². The number of hydrogen-bond donors (Lipinski definition) is 1. The Morgan fingerprint density at radius 1 is 1.07 bits per heavy atom. The van der Waals surface area contributed by atoms with E-state index >= 15 is 0 Å². The fourth-order valence-corrected chi connectivity index (χ4v) is 8.68. The van der Waals surface area contributed by atoms with Crippen molar-refractivity contribution in [3.05, 3.63) is 5.82 Å². The number of methoxy groups -OCH3 is 1. The first-order valence-corrected chi connectivity index (χ1v) is 12.4. The molecular weight excluding hydrogens is 376 g/mol. The average Bonchev–Trinajstić information content (AvgIpc) is 3.28. The number of nitrogens with zero attached hydrogens (tertiary/aromatic N) is 4. The second kappa shape index (κ2) is 7.84. The van der Waals surface area contributed by atoms with E-state index in [4.69, 9.17) is 4.74 Å². The molecule has 0 spiro atoms. The number of aliphatic hydroxyl groups is 1. The SMILES string of the molecule is COC[C@@]1(O)CC[C@H]2[C@@H](CC[C@@H]3[C@@H]2CC[C@]2(C)[C@@H](CCn4nnnc4C)CC[C@@H]32)C1. The number of tetrazole rings is 1. The average molecular weight is 417 g/mol. The van der Waals surface area contributed by atoms with Crippen LogP contribution in [0.5, 0.6) is 0 Å². The van der Waals surface area contributed by atoms with Gasteiger partial charge in [0.1, 0.15) is 5.82 Å². The van der Waals surface area contributed by atoms with Gasteiger partial charge >= 0.3 is 0 Å². The second-order valence-electron chi connectivity index (χ2n) is 11.4. The summed E-state index contributed by atoms with van der Waals surface area (Å²) in [6.07, 6.45) is 12.6. The molecule has 0 amide bonds. The molecule has 4 saturated carbocycles. The Morgan fingerprint density at radius 2 is 1.90 bits per heavy atom. The highest BCUT2D eigenvalue weighted by molar-refractivity contribution is 5.07. The molecule has 0 aliphatic heterocycles. The van der Waals surface area contributed by atoms with Gasteiger partial charge in [-0.05, 0) is 122 Å². The zero-order valence-electron chi connectivity index (χ0n) is 19.1. The lowest BCUT2D eigenvalue weighted by Crippen LogP contribution is -2.51. The normalized spacial score (nSPS) is 45.6. The lowest BCUT2D eigenvalue weighted by atomic mass is 9.49. The van der Waals surface area contributed by atoms with Gasteiger partial charge in [0.15, 0.2) is 0 Å². The van der Waals surface area contributed by atoms with E-state index in [9.17, 15) is 5.11 Å². The van der Waals surface area contributed by atoms with Gasteiger partial charge in [-0.1, -0.05) is 6.92 Å². The number of aromatic nitrogens is 4. The van der Waals surface area contributed by atoms with Crippen molar-refractivity contribution in [2.75, 3.05) is 13.7 Å². The number of rotatable bonds is 5. The molecular formula is C24H40N4O2. The van der Waals surface area contributed by atoms with Crippen LogP contribution in [0.15, 0.2) is 0 Å². The third-order valence-electron chi connectivity index (χ3n) is 10.1. The lowest BCUT2D eigenvalue weighted by Gasteiger charge is -2.57. The van der Waals surface area contributed by atoms with E-state index in [1.54, 1.807) is 7.11 Å². The summed E-state index contributed by atoms with van der Waals surface area (Å²) in [5.74, 6) is 6.01. The van der Waals surface area contributed by atoms with Gasteiger partial charge in [-0.15, -0.1) is 5.10 Å². The monoisotopic (exact) mass is 416 g/mol. The summed E-state index contributed by atoms with van der Waals surface area (Å²) in [5, 5.41) is 23.0. The first-order valence-electron chi connectivity index (χ1n) is 12.4. The van der Waals surface area contributed by atoms with Gasteiger partial charge in [-0.25, -0.2) is 4.68 Å². The zero-order chi connectivity index (χ0) is 20.9. The van der Waals surface area contributed by atoms with Crippen molar-refractivity contribution in [3.63, 3.8) is 0 Å². The molecule has 0 saturated heterocycles. The topological polar surface area (TPSA) is 73.1 Å². The van der Waals surface area contributed by atoms with Crippen molar-refractivity contribution in [2.45, 2.75) is 90.2 Å². The molecule has 0 radical (unpaired) electrons. The molecule has 1 heterocycles. The van der Waals surface area contributed by atoms with E-state index in [-0.39, 0.29) is 0 Å². The van der Waals surface area contributed by atoms with Gasteiger partial charge in [-0.3, -0.25) is 0 Å². The molecule has 6 heteroatoms. The van der Waals surface area contributed by atoms with Crippen molar-refractivity contribution < 1.29 is 9.84 Å². The Kier molecular flexibility index (Phi) is 5.46. The molecule has 4 fully saturated rings. The molecule has 4 aliphatic carbocycles. The molecule has 4 aliphatic rings. The van der Waals surface area contributed by atoms with Gasteiger partial charge in [-0.2, -0.15) is 0 Å². The van der Waals surface area contributed by atoms with Gasteiger partial charge < -0.3 is 9.84 Å². The highest BCUT2D eigenvalue weighted by Gasteiger charge is 2.57. The van der Waals surface area contributed by atoms with Crippen LogP contribution in [0.4, 0.5) is 0 Å². The Labute approximate surface area is 181 Å².